The fourth-order valence-corrected chi connectivity index (χ4v) is 2.21. The normalized spacial score (nSPS) is 16.9. The zero-order chi connectivity index (χ0) is 9.80. The summed E-state index contributed by atoms with van der Waals surface area (Å²) in [6.45, 7) is 4.84. The minimum absolute atomic E-state index is 0.409. The highest BCUT2D eigenvalue weighted by Crippen LogP contribution is 2.13. The van der Waals surface area contributed by atoms with Crippen LogP contribution in [0.4, 0.5) is 0 Å². The molecule has 1 aromatic rings. The monoisotopic (exact) mass is 212 g/mol. The average Bonchev–Trinajstić information content (AvgIpc) is 2.51. The molecule has 0 amide bonds. The highest BCUT2D eigenvalue weighted by atomic mass is 32.1. The Morgan fingerprint density at radius 1 is 1.64 bits per heavy atom. The topological polar surface area (TPSA) is 34.1 Å². The van der Waals surface area contributed by atoms with Gasteiger partial charge in [-0.15, -0.1) is 11.3 Å². The number of nitrogens with zero attached hydrogens (tertiary/aromatic N) is 1. The molecule has 1 fully saturated rings. The van der Waals surface area contributed by atoms with Crippen LogP contribution in [0.3, 0.4) is 0 Å². The van der Waals surface area contributed by atoms with Gasteiger partial charge in [-0.3, -0.25) is 0 Å². The van der Waals surface area contributed by atoms with Crippen LogP contribution in [0.2, 0.25) is 0 Å². The molecule has 1 aliphatic heterocycles. The van der Waals surface area contributed by atoms with Crippen LogP contribution in [0, 0.1) is 0 Å². The summed E-state index contributed by atoms with van der Waals surface area (Å²) in [5, 5.41) is 6.52. The smallest absolute Gasteiger partial charge is 0.0929 e. The number of rotatable bonds is 5. The summed E-state index contributed by atoms with van der Waals surface area (Å²) in [5.74, 6) is 0. The molecule has 1 saturated heterocycles. The van der Waals surface area contributed by atoms with Crippen molar-refractivity contribution in [2.24, 2.45) is 0 Å². The first kappa shape index (κ1) is 10.1. The standard InChI is InChI=1S/C10H16N2OS/c1-2-3-10-12-8(7-14-10)6-13-9-4-11-5-9/h7,9,11H,2-6H2,1H3. The Kier molecular flexibility index (Phi) is 3.50. The molecule has 3 nitrogen and oxygen atoms in total. The van der Waals surface area contributed by atoms with E-state index < -0.39 is 0 Å². The lowest BCUT2D eigenvalue weighted by Crippen LogP contribution is -2.48. The second kappa shape index (κ2) is 4.87. The summed E-state index contributed by atoms with van der Waals surface area (Å²) < 4.78 is 5.64. The Morgan fingerprint density at radius 3 is 3.14 bits per heavy atom. The number of thiazole rings is 1. The fraction of sp³-hybridized carbons (Fsp3) is 0.700. The van der Waals surface area contributed by atoms with Gasteiger partial charge in [0.2, 0.25) is 0 Å². The van der Waals surface area contributed by atoms with Crippen LogP contribution >= 0.6 is 11.3 Å². The van der Waals surface area contributed by atoms with Crippen molar-refractivity contribution in [3.63, 3.8) is 0 Å². The number of hydrogen-bond donors (Lipinski definition) is 1. The van der Waals surface area contributed by atoms with Crippen molar-refractivity contribution < 1.29 is 4.74 Å². The maximum atomic E-state index is 5.64. The lowest BCUT2D eigenvalue weighted by atomic mass is 10.2. The molecule has 0 bridgehead atoms. The minimum atomic E-state index is 0.409. The Balaban J connectivity index is 1.77. The van der Waals surface area contributed by atoms with Gasteiger partial charge in [-0.05, 0) is 12.8 Å². The van der Waals surface area contributed by atoms with Crippen molar-refractivity contribution >= 4 is 11.3 Å². The Bertz CT molecular complexity index is 283. The number of aromatic nitrogens is 1. The third kappa shape index (κ3) is 2.53. The van der Waals surface area contributed by atoms with E-state index >= 15 is 0 Å². The summed E-state index contributed by atoms with van der Waals surface area (Å²) in [7, 11) is 0. The first-order valence-corrected chi connectivity index (χ1v) is 6.02. The van der Waals surface area contributed by atoms with E-state index in [0.29, 0.717) is 12.7 Å². The van der Waals surface area contributed by atoms with Gasteiger partial charge in [0.05, 0.1) is 23.4 Å². The molecule has 0 saturated carbocycles. The van der Waals surface area contributed by atoms with Crippen LogP contribution in [0.15, 0.2) is 5.38 Å². The van der Waals surface area contributed by atoms with E-state index in [1.165, 1.54) is 11.4 Å². The maximum Gasteiger partial charge on any atom is 0.0929 e. The van der Waals surface area contributed by atoms with Gasteiger partial charge in [0.1, 0.15) is 0 Å². The summed E-state index contributed by atoms with van der Waals surface area (Å²) in [6.07, 6.45) is 2.67. The first-order valence-electron chi connectivity index (χ1n) is 5.14. The molecular formula is C10H16N2OS. The van der Waals surface area contributed by atoms with Gasteiger partial charge in [0, 0.05) is 18.5 Å². The zero-order valence-electron chi connectivity index (χ0n) is 8.45. The van der Waals surface area contributed by atoms with Crippen molar-refractivity contribution in [2.75, 3.05) is 13.1 Å². The number of ether oxygens (including phenoxy) is 1. The summed E-state index contributed by atoms with van der Waals surface area (Å²) >= 11 is 1.74. The van der Waals surface area contributed by atoms with E-state index in [-0.39, 0.29) is 0 Å². The van der Waals surface area contributed by atoms with Crippen LogP contribution in [0.25, 0.3) is 0 Å². The third-order valence-electron chi connectivity index (χ3n) is 2.27. The lowest BCUT2D eigenvalue weighted by molar-refractivity contribution is 0.00622. The first-order chi connectivity index (χ1) is 6.88. The molecule has 0 spiro atoms. The second-order valence-electron chi connectivity index (χ2n) is 3.57. The number of nitrogens with one attached hydrogen (secondary N) is 1. The summed E-state index contributed by atoms with van der Waals surface area (Å²) in [4.78, 5) is 4.50. The van der Waals surface area contributed by atoms with Gasteiger partial charge in [0.25, 0.3) is 0 Å². The van der Waals surface area contributed by atoms with E-state index in [1.54, 1.807) is 11.3 Å². The zero-order valence-corrected chi connectivity index (χ0v) is 9.27. The van der Waals surface area contributed by atoms with Gasteiger partial charge in [0.15, 0.2) is 0 Å². The highest BCUT2D eigenvalue weighted by Gasteiger charge is 2.17. The summed E-state index contributed by atoms with van der Waals surface area (Å²) in [5.41, 5.74) is 1.09. The molecule has 1 aromatic heterocycles. The minimum Gasteiger partial charge on any atom is -0.369 e. The van der Waals surface area contributed by atoms with E-state index in [4.69, 9.17) is 4.74 Å². The maximum absolute atomic E-state index is 5.64. The van der Waals surface area contributed by atoms with E-state index in [1.807, 2.05) is 0 Å². The van der Waals surface area contributed by atoms with Crippen molar-refractivity contribution in [1.29, 1.82) is 0 Å². The molecule has 0 radical (unpaired) electrons. The lowest BCUT2D eigenvalue weighted by Gasteiger charge is -2.26. The summed E-state index contributed by atoms with van der Waals surface area (Å²) in [6, 6.07) is 0. The van der Waals surface area contributed by atoms with E-state index in [2.05, 4.69) is 22.6 Å². The molecule has 0 unspecified atom stereocenters. The van der Waals surface area contributed by atoms with Crippen LogP contribution < -0.4 is 5.32 Å². The molecule has 14 heavy (non-hydrogen) atoms. The van der Waals surface area contributed by atoms with Gasteiger partial charge in [-0.25, -0.2) is 4.98 Å². The molecule has 2 heterocycles. The molecule has 78 valence electrons. The van der Waals surface area contributed by atoms with Crippen LogP contribution in [0.5, 0.6) is 0 Å². The Morgan fingerprint density at radius 2 is 2.50 bits per heavy atom. The van der Waals surface area contributed by atoms with E-state index in [9.17, 15) is 0 Å². The van der Waals surface area contributed by atoms with Gasteiger partial charge >= 0.3 is 0 Å². The third-order valence-corrected chi connectivity index (χ3v) is 3.23. The SMILES string of the molecule is CCCc1nc(COC2CNC2)cs1. The average molecular weight is 212 g/mol. The van der Waals surface area contributed by atoms with Crippen molar-refractivity contribution in [3.8, 4) is 0 Å². The van der Waals surface area contributed by atoms with Gasteiger partial charge in [-0.1, -0.05) is 6.92 Å². The molecule has 4 heteroatoms. The van der Waals surface area contributed by atoms with Crippen molar-refractivity contribution in [2.45, 2.75) is 32.5 Å². The number of hydrogen-bond acceptors (Lipinski definition) is 4. The van der Waals surface area contributed by atoms with Crippen LogP contribution in [-0.4, -0.2) is 24.2 Å². The number of aryl methyl sites for hydroxylation is 1. The molecule has 0 aromatic carbocycles. The van der Waals surface area contributed by atoms with Crippen LogP contribution in [-0.2, 0) is 17.8 Å². The predicted molar refractivity (Wildman–Crippen MR) is 57.6 cm³/mol. The highest BCUT2D eigenvalue weighted by molar-refractivity contribution is 7.09. The van der Waals surface area contributed by atoms with Crippen molar-refractivity contribution in [3.05, 3.63) is 16.1 Å². The molecule has 1 N–H and O–H groups in total. The predicted octanol–water partition coefficient (Wildman–Crippen LogP) is 1.58. The van der Waals surface area contributed by atoms with Gasteiger partial charge < -0.3 is 10.1 Å². The van der Waals surface area contributed by atoms with E-state index in [0.717, 1.165) is 25.2 Å². The fourth-order valence-electron chi connectivity index (χ4n) is 1.33. The molecule has 0 atom stereocenters. The molecule has 0 aliphatic carbocycles. The second-order valence-corrected chi connectivity index (χ2v) is 4.52. The van der Waals surface area contributed by atoms with Gasteiger partial charge in [-0.2, -0.15) is 0 Å². The van der Waals surface area contributed by atoms with Crippen molar-refractivity contribution in [1.82, 2.24) is 10.3 Å². The largest absolute Gasteiger partial charge is 0.369 e. The Hall–Kier alpha value is -0.450. The molecule has 2 rings (SSSR count). The van der Waals surface area contributed by atoms with Crippen LogP contribution in [0.1, 0.15) is 24.0 Å². The molecule has 1 aliphatic rings. The quantitative estimate of drug-likeness (QED) is 0.804. The Labute approximate surface area is 88.5 Å². The molecular weight excluding hydrogens is 196 g/mol.